The van der Waals surface area contributed by atoms with E-state index in [1.54, 1.807) is 54.6 Å². The molecule has 0 aliphatic rings. The molecule has 0 aliphatic carbocycles. The third-order valence-electron chi connectivity index (χ3n) is 4.45. The van der Waals surface area contributed by atoms with Crippen molar-refractivity contribution in [2.24, 2.45) is 0 Å². The fourth-order valence-corrected chi connectivity index (χ4v) is 4.44. The molecule has 0 aliphatic heterocycles. The molecule has 2 N–H and O–H groups in total. The molecule has 1 atom stereocenters. The minimum atomic E-state index is -3.83. The fourth-order valence-electron chi connectivity index (χ4n) is 2.87. The van der Waals surface area contributed by atoms with Crippen molar-refractivity contribution in [3.8, 4) is 0 Å². The molecule has 0 spiro atoms. The summed E-state index contributed by atoms with van der Waals surface area (Å²) in [5.74, 6) is -0.403. The van der Waals surface area contributed by atoms with Crippen molar-refractivity contribution in [1.82, 2.24) is 4.72 Å². The first-order chi connectivity index (χ1) is 14.3. The van der Waals surface area contributed by atoms with Gasteiger partial charge < -0.3 is 5.32 Å². The van der Waals surface area contributed by atoms with Gasteiger partial charge in [0.15, 0.2) is 0 Å². The summed E-state index contributed by atoms with van der Waals surface area (Å²) in [5, 5.41) is 3.23. The summed E-state index contributed by atoms with van der Waals surface area (Å²) in [7, 11) is -3.83. The number of aryl methyl sites for hydroxylation is 1. The Balaban J connectivity index is 1.83. The Hall–Kier alpha value is -2.38. The minimum Gasteiger partial charge on any atom is -0.325 e. The van der Waals surface area contributed by atoms with Crippen LogP contribution in [0.5, 0.6) is 0 Å². The van der Waals surface area contributed by atoms with E-state index in [-0.39, 0.29) is 16.3 Å². The lowest BCUT2D eigenvalue weighted by atomic mass is 10.0. The molecule has 30 heavy (non-hydrogen) atoms. The van der Waals surface area contributed by atoms with Gasteiger partial charge in [0.2, 0.25) is 15.9 Å². The number of carbonyl (C=O) groups is 1. The maximum atomic E-state index is 12.9. The molecular weight excluding hydrogens is 443 g/mol. The van der Waals surface area contributed by atoms with Gasteiger partial charge in [-0.1, -0.05) is 77.3 Å². The van der Waals surface area contributed by atoms with Crippen LogP contribution in [0.25, 0.3) is 0 Å². The third-order valence-corrected chi connectivity index (χ3v) is 6.75. The average Bonchev–Trinajstić information content (AvgIpc) is 2.72. The molecule has 156 valence electrons. The summed E-state index contributed by atoms with van der Waals surface area (Å²) in [6.07, 6.45) is -0.127. The second kappa shape index (κ2) is 9.62. The van der Waals surface area contributed by atoms with E-state index < -0.39 is 22.0 Å². The van der Waals surface area contributed by atoms with E-state index in [1.165, 1.54) is 12.1 Å². The second-order valence-corrected chi connectivity index (χ2v) is 9.25. The van der Waals surface area contributed by atoms with E-state index >= 15 is 0 Å². The number of carbonyl (C=O) groups excluding carboxylic acids is 1. The topological polar surface area (TPSA) is 75.3 Å². The summed E-state index contributed by atoms with van der Waals surface area (Å²) in [5.41, 5.74) is 1.98. The van der Waals surface area contributed by atoms with E-state index in [0.717, 1.165) is 5.56 Å². The van der Waals surface area contributed by atoms with Crippen LogP contribution in [0.4, 0.5) is 5.69 Å². The summed E-state index contributed by atoms with van der Waals surface area (Å²) in [4.78, 5) is 12.8. The zero-order chi connectivity index (χ0) is 21.7. The Kier molecular flexibility index (Phi) is 7.15. The maximum absolute atomic E-state index is 12.9. The van der Waals surface area contributed by atoms with Crippen LogP contribution in [-0.2, 0) is 14.8 Å². The molecule has 0 unspecified atom stereocenters. The van der Waals surface area contributed by atoms with Crippen LogP contribution in [0.2, 0.25) is 10.0 Å². The largest absolute Gasteiger partial charge is 0.325 e. The molecule has 3 aromatic carbocycles. The van der Waals surface area contributed by atoms with E-state index in [9.17, 15) is 13.2 Å². The molecule has 0 bridgehead atoms. The van der Waals surface area contributed by atoms with Gasteiger partial charge in [-0.2, -0.15) is 0 Å². The second-order valence-electron chi connectivity index (χ2n) is 6.75. The lowest BCUT2D eigenvalue weighted by Crippen LogP contribution is -2.31. The van der Waals surface area contributed by atoms with E-state index in [4.69, 9.17) is 23.2 Å². The third kappa shape index (κ3) is 5.61. The number of anilines is 1. The van der Waals surface area contributed by atoms with Crippen molar-refractivity contribution in [3.63, 3.8) is 0 Å². The van der Waals surface area contributed by atoms with Gasteiger partial charge in [0, 0.05) is 6.42 Å². The van der Waals surface area contributed by atoms with Crippen LogP contribution in [0.3, 0.4) is 0 Å². The molecule has 3 rings (SSSR count). The van der Waals surface area contributed by atoms with Crippen molar-refractivity contribution in [3.05, 3.63) is 94.0 Å². The highest BCUT2D eigenvalue weighted by molar-refractivity contribution is 7.89. The number of nitrogens with one attached hydrogen (secondary N) is 2. The fraction of sp³-hybridized carbons (Fsp3) is 0.136. The van der Waals surface area contributed by atoms with Crippen LogP contribution in [0.15, 0.2) is 77.7 Å². The molecular formula is C22H20Cl2N2O3S. The van der Waals surface area contributed by atoms with Crippen molar-refractivity contribution in [2.45, 2.75) is 24.3 Å². The predicted octanol–water partition coefficient (Wildman–Crippen LogP) is 5.35. The molecule has 8 heteroatoms. The van der Waals surface area contributed by atoms with Gasteiger partial charge in [0.25, 0.3) is 0 Å². The van der Waals surface area contributed by atoms with Crippen LogP contribution < -0.4 is 10.0 Å². The molecule has 0 saturated carbocycles. The Morgan fingerprint density at radius 2 is 1.60 bits per heavy atom. The quantitative estimate of drug-likeness (QED) is 0.496. The summed E-state index contributed by atoms with van der Waals surface area (Å²) < 4.78 is 28.4. The molecule has 0 heterocycles. The summed E-state index contributed by atoms with van der Waals surface area (Å²) in [6.45, 7) is 1.88. The zero-order valence-corrected chi connectivity index (χ0v) is 18.4. The van der Waals surface area contributed by atoms with Crippen LogP contribution in [0, 0.1) is 6.92 Å². The van der Waals surface area contributed by atoms with Crippen LogP contribution >= 0.6 is 23.2 Å². The Morgan fingerprint density at radius 1 is 0.933 bits per heavy atom. The number of sulfonamides is 1. The molecule has 3 aromatic rings. The highest BCUT2D eigenvalue weighted by Gasteiger charge is 2.24. The lowest BCUT2D eigenvalue weighted by Gasteiger charge is -2.19. The molecule has 5 nitrogen and oxygen atoms in total. The maximum Gasteiger partial charge on any atom is 0.241 e. The molecule has 1 amide bonds. The van der Waals surface area contributed by atoms with Gasteiger partial charge in [-0.15, -0.1) is 0 Å². The monoisotopic (exact) mass is 462 g/mol. The lowest BCUT2D eigenvalue weighted by molar-refractivity contribution is -0.116. The molecule has 0 saturated heterocycles. The number of hydrogen-bond acceptors (Lipinski definition) is 3. The van der Waals surface area contributed by atoms with Crippen molar-refractivity contribution >= 4 is 44.8 Å². The average molecular weight is 463 g/mol. The van der Waals surface area contributed by atoms with E-state index in [0.29, 0.717) is 16.3 Å². The van der Waals surface area contributed by atoms with Gasteiger partial charge in [-0.05, 0) is 36.8 Å². The van der Waals surface area contributed by atoms with E-state index in [2.05, 4.69) is 10.0 Å². The Labute approximate surface area is 186 Å². The number of amides is 1. The van der Waals surface area contributed by atoms with Crippen LogP contribution in [0.1, 0.15) is 23.6 Å². The zero-order valence-electron chi connectivity index (χ0n) is 16.1. The molecule has 0 radical (unpaired) electrons. The number of rotatable bonds is 7. The first-order valence-electron chi connectivity index (χ1n) is 9.14. The first-order valence-corrected chi connectivity index (χ1v) is 11.4. The summed E-state index contributed by atoms with van der Waals surface area (Å²) in [6, 6.07) is 19.6. The Morgan fingerprint density at radius 3 is 2.27 bits per heavy atom. The van der Waals surface area contributed by atoms with Crippen molar-refractivity contribution < 1.29 is 13.2 Å². The number of hydrogen-bond donors (Lipinski definition) is 2. The normalized spacial score (nSPS) is 12.4. The van der Waals surface area contributed by atoms with Gasteiger partial charge >= 0.3 is 0 Å². The standard InChI is InChI=1S/C22H20Cl2N2O3S/c1-15-10-12-17(13-11-15)30(28,29)26-20(16-6-3-2-4-7-16)14-21(27)25-19-9-5-8-18(23)22(19)24/h2-13,20,26H,14H2,1H3,(H,25,27)/t20-/m0/s1. The van der Waals surface area contributed by atoms with Gasteiger partial charge in [-0.3, -0.25) is 4.79 Å². The van der Waals surface area contributed by atoms with Crippen molar-refractivity contribution in [1.29, 1.82) is 0 Å². The van der Waals surface area contributed by atoms with Crippen LogP contribution in [-0.4, -0.2) is 14.3 Å². The number of benzene rings is 3. The smallest absolute Gasteiger partial charge is 0.241 e. The summed E-state index contributed by atoms with van der Waals surface area (Å²) >= 11 is 12.1. The SMILES string of the molecule is Cc1ccc(S(=O)(=O)N[C@@H](CC(=O)Nc2cccc(Cl)c2Cl)c2ccccc2)cc1. The molecule has 0 fully saturated rings. The van der Waals surface area contributed by atoms with Gasteiger partial charge in [0.05, 0.1) is 26.7 Å². The highest BCUT2D eigenvalue weighted by atomic mass is 35.5. The van der Waals surface area contributed by atoms with E-state index in [1.807, 2.05) is 13.0 Å². The predicted molar refractivity (Wildman–Crippen MR) is 120 cm³/mol. The Bertz CT molecular complexity index is 1130. The highest BCUT2D eigenvalue weighted by Crippen LogP contribution is 2.30. The number of halogens is 2. The van der Waals surface area contributed by atoms with Gasteiger partial charge in [0.1, 0.15) is 0 Å². The minimum absolute atomic E-state index is 0.127. The first kappa shape index (κ1) is 22.3. The molecule has 0 aromatic heterocycles. The van der Waals surface area contributed by atoms with Gasteiger partial charge in [-0.25, -0.2) is 13.1 Å². The van der Waals surface area contributed by atoms with Crippen molar-refractivity contribution in [2.75, 3.05) is 5.32 Å².